The van der Waals surface area contributed by atoms with Gasteiger partial charge in [0, 0.05) is 35.7 Å². The summed E-state index contributed by atoms with van der Waals surface area (Å²) in [6.45, 7) is 9.82. The molecule has 2 saturated carbocycles. The summed E-state index contributed by atoms with van der Waals surface area (Å²) in [6.07, 6.45) is -4.55. The summed E-state index contributed by atoms with van der Waals surface area (Å²) in [4.78, 5) is 11.7. The first-order chi connectivity index (χ1) is 25.8. The Balaban J connectivity index is 0.953. The van der Waals surface area contributed by atoms with Gasteiger partial charge in [-0.25, -0.2) is 14.5 Å². The van der Waals surface area contributed by atoms with E-state index >= 15 is 13.2 Å². The zero-order chi connectivity index (χ0) is 39.3. The molecule has 2 bridgehead atoms. The van der Waals surface area contributed by atoms with Gasteiger partial charge in [0.1, 0.15) is 5.69 Å². The van der Waals surface area contributed by atoms with Crippen LogP contribution in [0.4, 0.5) is 26.3 Å². The molecule has 5 unspecified atom stereocenters. The molecule has 17 heteroatoms. The van der Waals surface area contributed by atoms with Gasteiger partial charge < -0.3 is 28.4 Å². The Bertz CT molecular complexity index is 1630. The number of allylic oxidation sites excluding steroid dienone is 1. The van der Waals surface area contributed by atoms with Gasteiger partial charge in [-0.15, -0.1) is 5.10 Å². The molecule has 14 atom stereocenters. The maximum absolute atomic E-state index is 15.2. The lowest BCUT2D eigenvalue weighted by Crippen LogP contribution is -2.70. The van der Waals surface area contributed by atoms with Gasteiger partial charge >= 0.3 is 12.4 Å². The molecule has 1 aromatic heterocycles. The fraction of sp³-hybridized carbons (Fsp3) is 0.895. The van der Waals surface area contributed by atoms with Crippen LogP contribution < -0.4 is 0 Å². The van der Waals surface area contributed by atoms with Crippen LogP contribution in [0.5, 0.6) is 0 Å². The average molecular weight is 794 g/mol. The second-order valence-electron chi connectivity index (χ2n) is 17.6. The van der Waals surface area contributed by atoms with Crippen LogP contribution >= 0.6 is 0 Å². The Morgan fingerprint density at radius 2 is 1.62 bits per heavy atom. The predicted molar refractivity (Wildman–Crippen MR) is 179 cm³/mol. The molecular weight excluding hydrogens is 740 g/mol. The van der Waals surface area contributed by atoms with E-state index in [1.807, 2.05) is 6.92 Å². The topological polar surface area (TPSA) is 105 Å². The van der Waals surface area contributed by atoms with Crippen molar-refractivity contribution < 1.29 is 64.5 Å². The number of aromatic nitrogens is 3. The smallest absolute Gasteiger partial charge is 0.449 e. The van der Waals surface area contributed by atoms with Crippen molar-refractivity contribution in [3.63, 3.8) is 0 Å². The van der Waals surface area contributed by atoms with Crippen molar-refractivity contribution in [2.75, 3.05) is 13.2 Å². The SMILES string of the molecule is C[C@@H]1CC[C@@H]2C3C1CC[C@H](C)O[C@]3(C)O[C@@](OCCn1cc(COCC3=C(C(F)(F)F)O[C@@H]4OC5(C)CCC6[C@H](C)CC[C@@H]3C64OO5)nn1)(C(F)(F)F)[C@@H]2C. The van der Waals surface area contributed by atoms with Crippen LogP contribution in [0.25, 0.3) is 0 Å². The van der Waals surface area contributed by atoms with Crippen molar-refractivity contribution in [1.82, 2.24) is 15.0 Å². The van der Waals surface area contributed by atoms with E-state index in [1.165, 1.54) is 10.9 Å². The van der Waals surface area contributed by atoms with Crippen molar-refractivity contribution in [3.8, 4) is 0 Å². The molecule has 7 heterocycles. The lowest BCUT2D eigenvalue weighted by molar-refractivity contribution is -0.557. The highest BCUT2D eigenvalue weighted by Gasteiger charge is 2.73. The van der Waals surface area contributed by atoms with Crippen molar-refractivity contribution in [3.05, 3.63) is 23.2 Å². The van der Waals surface area contributed by atoms with Crippen LogP contribution in [0.1, 0.15) is 98.6 Å². The third-order valence-electron chi connectivity index (χ3n) is 14.2. The molecule has 5 saturated heterocycles. The highest BCUT2D eigenvalue weighted by molar-refractivity contribution is 5.28. The molecule has 11 nitrogen and oxygen atoms in total. The van der Waals surface area contributed by atoms with Crippen molar-refractivity contribution in [2.45, 2.75) is 154 Å². The standard InChI is InChI=1S/C38H53F6N3O8/c1-20-7-10-26-23(4)36(38(42,43)44,53-34(6)30(26)25(20)11-9-22(3)51-34)49-16-15-47-17-24(45-46-47)18-48-19-27-29-12-8-21(2)28-13-14-33(5)52-32(35(28,29)55-54-33)50-31(27)37(39,40)41/h17,20-23,25-26,28-30,32H,7-16,18-19H2,1-6H3/t20-,21-,22+,23-,25?,26+,28?,29+,30?,32-,33?,34-,35?,36-/m1/s1. The van der Waals surface area contributed by atoms with Crippen LogP contribution in [0.15, 0.2) is 17.5 Å². The maximum Gasteiger partial charge on any atom is 0.449 e. The normalized spacial score (nSPS) is 45.7. The Morgan fingerprint density at radius 3 is 2.36 bits per heavy atom. The Morgan fingerprint density at radius 1 is 0.873 bits per heavy atom. The van der Waals surface area contributed by atoms with E-state index in [0.717, 1.165) is 19.3 Å². The minimum atomic E-state index is -4.86. The second-order valence-corrected chi connectivity index (χ2v) is 17.6. The molecule has 0 N–H and O–H groups in total. The van der Waals surface area contributed by atoms with E-state index in [2.05, 4.69) is 24.2 Å². The highest BCUT2D eigenvalue weighted by atomic mass is 19.4. The molecule has 7 fully saturated rings. The van der Waals surface area contributed by atoms with Crippen LogP contribution in [-0.2, 0) is 51.3 Å². The largest absolute Gasteiger partial charge is 0.456 e. The number of ether oxygens (including phenoxy) is 6. The van der Waals surface area contributed by atoms with Crippen molar-refractivity contribution in [2.24, 2.45) is 47.3 Å². The summed E-state index contributed by atoms with van der Waals surface area (Å²) in [5, 5.41) is 8.10. The highest BCUT2D eigenvalue weighted by Crippen LogP contribution is 2.63. The predicted octanol–water partition coefficient (Wildman–Crippen LogP) is 7.99. The number of alkyl halides is 6. The average Bonchev–Trinajstić information content (AvgIpc) is 3.35. The number of hydrogen-bond donors (Lipinski definition) is 0. The van der Waals surface area contributed by atoms with Gasteiger partial charge in [0.15, 0.2) is 11.4 Å². The number of nitrogens with zero attached hydrogens (tertiary/aromatic N) is 3. The van der Waals surface area contributed by atoms with E-state index in [-0.39, 0.29) is 60.1 Å². The van der Waals surface area contributed by atoms with Gasteiger partial charge in [-0.1, -0.05) is 32.4 Å². The van der Waals surface area contributed by atoms with Gasteiger partial charge in [-0.3, -0.25) is 0 Å². The lowest BCUT2D eigenvalue weighted by atomic mass is 9.57. The lowest BCUT2D eigenvalue weighted by Gasteiger charge is -2.60. The summed E-state index contributed by atoms with van der Waals surface area (Å²) in [7, 11) is 0. The zero-order valence-corrected chi connectivity index (χ0v) is 32.2. The fourth-order valence-corrected chi connectivity index (χ4v) is 11.6. The first-order valence-corrected chi connectivity index (χ1v) is 19.9. The van der Waals surface area contributed by atoms with Crippen molar-refractivity contribution in [1.29, 1.82) is 0 Å². The first kappa shape index (κ1) is 39.8. The molecule has 310 valence electrons. The van der Waals surface area contributed by atoms with E-state index in [9.17, 15) is 13.2 Å². The van der Waals surface area contributed by atoms with Crippen molar-refractivity contribution >= 4 is 0 Å². The van der Waals surface area contributed by atoms with Crippen LogP contribution in [0, 0.1) is 47.3 Å². The minimum Gasteiger partial charge on any atom is -0.456 e. The van der Waals surface area contributed by atoms with Gasteiger partial charge in [0.2, 0.25) is 17.8 Å². The summed E-state index contributed by atoms with van der Waals surface area (Å²) >= 11 is 0. The number of hydrogen-bond acceptors (Lipinski definition) is 10. The van der Waals surface area contributed by atoms with E-state index in [1.54, 1.807) is 20.8 Å². The molecule has 9 rings (SSSR count). The molecule has 0 amide bonds. The third-order valence-corrected chi connectivity index (χ3v) is 14.2. The summed E-state index contributed by atoms with van der Waals surface area (Å²) in [5.41, 5.74) is -1.08. The van der Waals surface area contributed by atoms with Crippen LogP contribution in [0.2, 0.25) is 0 Å². The first-order valence-electron chi connectivity index (χ1n) is 19.9. The molecule has 0 radical (unpaired) electrons. The van der Waals surface area contributed by atoms with E-state index < -0.39 is 72.4 Å². The van der Waals surface area contributed by atoms with Gasteiger partial charge in [0.05, 0.1) is 38.7 Å². The zero-order valence-electron chi connectivity index (χ0n) is 32.2. The van der Waals surface area contributed by atoms with E-state index in [0.29, 0.717) is 38.0 Å². The van der Waals surface area contributed by atoms with Gasteiger partial charge in [-0.05, 0) is 83.0 Å². The summed E-state index contributed by atoms with van der Waals surface area (Å²) < 4.78 is 126. The molecule has 6 aliphatic heterocycles. The van der Waals surface area contributed by atoms with Gasteiger partial charge in [0.25, 0.3) is 5.79 Å². The third kappa shape index (κ3) is 6.53. The Kier molecular flexibility index (Phi) is 9.98. The molecule has 2 aliphatic carbocycles. The monoisotopic (exact) mass is 793 g/mol. The molecule has 55 heavy (non-hydrogen) atoms. The molecule has 8 aliphatic rings. The number of fused-ring (bicyclic) bond motifs is 2. The quantitative estimate of drug-likeness (QED) is 0.190. The van der Waals surface area contributed by atoms with Gasteiger partial charge in [-0.2, -0.15) is 26.3 Å². The minimum absolute atomic E-state index is 0.0834. The Labute approximate surface area is 316 Å². The maximum atomic E-state index is 15.2. The molecule has 1 spiro atoms. The molecular formula is C38H53F6N3O8. The number of halogens is 6. The van der Waals surface area contributed by atoms with Crippen LogP contribution in [-0.4, -0.2) is 75.9 Å². The fourth-order valence-electron chi connectivity index (χ4n) is 11.6. The summed E-state index contributed by atoms with van der Waals surface area (Å²) in [6, 6.07) is 0. The second kappa shape index (κ2) is 13.8. The van der Waals surface area contributed by atoms with Crippen LogP contribution in [0.3, 0.4) is 0 Å². The Hall–Kier alpha value is -2.02. The number of rotatable bonds is 8. The van der Waals surface area contributed by atoms with E-state index in [4.69, 9.17) is 38.2 Å². The summed E-state index contributed by atoms with van der Waals surface area (Å²) in [5.74, 6) is -8.49. The molecule has 0 aromatic carbocycles. The molecule has 1 aromatic rings.